The molecule has 18 heavy (non-hydrogen) atoms. The number of carboxylic acid groups (broad SMARTS) is 1. The van der Waals surface area contributed by atoms with E-state index in [0.29, 0.717) is 0 Å². The lowest BCUT2D eigenvalue weighted by molar-refractivity contribution is -0.164. The summed E-state index contributed by atoms with van der Waals surface area (Å²) in [5, 5.41) is 51.8. The fourth-order valence-electron chi connectivity index (χ4n) is 0.873. The molecular weight excluding hydrogens is 248 g/mol. The lowest BCUT2D eigenvalue weighted by Gasteiger charge is -2.23. The second kappa shape index (κ2) is 11.3. The van der Waals surface area contributed by atoms with Crippen molar-refractivity contribution in [2.24, 2.45) is 0 Å². The van der Waals surface area contributed by atoms with Crippen molar-refractivity contribution in [1.29, 1.82) is 0 Å². The van der Waals surface area contributed by atoms with Gasteiger partial charge < -0.3 is 35.4 Å². The molecule has 0 aliphatic carbocycles. The molecule has 0 unspecified atom stereocenters. The summed E-state index contributed by atoms with van der Waals surface area (Å²) in [6.45, 7) is 4.82. The van der Waals surface area contributed by atoms with Crippen LogP contribution in [0.25, 0.3) is 0 Å². The first-order valence-corrected chi connectivity index (χ1v) is 5.47. The lowest BCUT2D eigenvalue weighted by Crippen LogP contribution is -2.48. The molecule has 110 valence electrons. The van der Waals surface area contributed by atoms with Crippen molar-refractivity contribution in [3.05, 3.63) is 0 Å². The third kappa shape index (κ3) is 8.34. The first-order valence-electron chi connectivity index (χ1n) is 5.47. The van der Waals surface area contributed by atoms with E-state index >= 15 is 0 Å². The molecule has 8 nitrogen and oxygen atoms in total. The second-order valence-corrected chi connectivity index (χ2v) is 3.30. The highest BCUT2D eigenvalue weighted by molar-refractivity contribution is 5.72. The van der Waals surface area contributed by atoms with E-state index in [4.69, 9.17) is 35.4 Å². The molecule has 0 aliphatic rings. The molecular formula is C10H22O8. The van der Waals surface area contributed by atoms with Crippen molar-refractivity contribution in [2.75, 3.05) is 19.8 Å². The highest BCUT2D eigenvalue weighted by atomic mass is 16.5. The van der Waals surface area contributed by atoms with Gasteiger partial charge in [0.2, 0.25) is 0 Å². The minimum absolute atomic E-state index is 0.843. The van der Waals surface area contributed by atoms with Crippen LogP contribution in [-0.2, 0) is 9.53 Å². The van der Waals surface area contributed by atoms with Gasteiger partial charge in [-0.25, -0.2) is 4.79 Å². The predicted molar refractivity (Wildman–Crippen MR) is 60.9 cm³/mol. The number of aliphatic carboxylic acids is 1. The van der Waals surface area contributed by atoms with Gasteiger partial charge in [-0.1, -0.05) is 0 Å². The van der Waals surface area contributed by atoms with Crippen molar-refractivity contribution >= 4 is 5.97 Å². The van der Waals surface area contributed by atoms with E-state index in [0.717, 1.165) is 13.2 Å². The molecule has 0 saturated heterocycles. The summed E-state index contributed by atoms with van der Waals surface area (Å²) in [6.07, 6.45) is -7.84. The van der Waals surface area contributed by atoms with E-state index < -0.39 is 37.0 Å². The Hall–Kier alpha value is -0.770. The first-order chi connectivity index (χ1) is 8.33. The maximum absolute atomic E-state index is 10.1. The molecule has 0 aliphatic heterocycles. The SMILES string of the molecule is CCOCC.O=C(O)[C@H](O)[C@@H](O)[C@H](O)[C@H](O)CO. The average molecular weight is 270 g/mol. The predicted octanol–water partition coefficient (Wildman–Crippen LogP) is -2.45. The largest absolute Gasteiger partial charge is 0.479 e. The van der Waals surface area contributed by atoms with Crippen molar-refractivity contribution in [3.8, 4) is 0 Å². The number of ether oxygens (including phenoxy) is 1. The quantitative estimate of drug-likeness (QED) is 0.299. The standard InChI is InChI=1S/C6H12O7.C4H10O/c7-1-2(8)3(9)4(10)5(11)6(12)13;1-3-5-4-2/h2-5,7-11H,1H2,(H,12,13);3-4H2,1-2H3/t2-,3-,4+,5-;/m1./s1. The third-order valence-corrected chi connectivity index (χ3v) is 1.92. The molecule has 0 aromatic rings. The van der Waals surface area contributed by atoms with Crippen molar-refractivity contribution in [3.63, 3.8) is 0 Å². The van der Waals surface area contributed by atoms with Gasteiger partial charge in [-0.15, -0.1) is 0 Å². The van der Waals surface area contributed by atoms with Crippen LogP contribution < -0.4 is 0 Å². The minimum Gasteiger partial charge on any atom is -0.479 e. The minimum atomic E-state index is -2.20. The molecule has 0 aromatic carbocycles. The Kier molecular flexibility index (Phi) is 12.3. The van der Waals surface area contributed by atoms with Gasteiger partial charge in [-0.2, -0.15) is 0 Å². The van der Waals surface area contributed by atoms with Crippen LogP contribution in [0.1, 0.15) is 13.8 Å². The molecule has 0 rings (SSSR count). The van der Waals surface area contributed by atoms with Crippen molar-refractivity contribution in [2.45, 2.75) is 38.3 Å². The molecule has 0 bridgehead atoms. The Morgan fingerprint density at radius 2 is 1.50 bits per heavy atom. The highest BCUT2D eigenvalue weighted by Crippen LogP contribution is 2.04. The van der Waals surface area contributed by atoms with Gasteiger partial charge in [0, 0.05) is 13.2 Å². The zero-order valence-corrected chi connectivity index (χ0v) is 10.4. The van der Waals surface area contributed by atoms with E-state index in [-0.39, 0.29) is 0 Å². The Morgan fingerprint density at radius 3 is 1.72 bits per heavy atom. The molecule has 0 fully saturated rings. The summed E-state index contributed by atoms with van der Waals surface area (Å²) >= 11 is 0. The third-order valence-electron chi connectivity index (χ3n) is 1.92. The summed E-state index contributed by atoms with van der Waals surface area (Å²) in [6, 6.07) is 0. The van der Waals surface area contributed by atoms with Crippen LogP contribution in [0, 0.1) is 0 Å². The zero-order chi connectivity index (χ0) is 14.7. The number of hydrogen-bond acceptors (Lipinski definition) is 7. The van der Waals surface area contributed by atoms with E-state index in [2.05, 4.69) is 0 Å². The number of carbonyl (C=O) groups is 1. The molecule has 0 aromatic heterocycles. The fraction of sp³-hybridized carbons (Fsp3) is 0.900. The number of aliphatic hydroxyl groups is 5. The van der Waals surface area contributed by atoms with Crippen LogP contribution in [0.15, 0.2) is 0 Å². The normalized spacial score (nSPS) is 17.1. The number of carboxylic acids is 1. The zero-order valence-electron chi connectivity index (χ0n) is 10.4. The van der Waals surface area contributed by atoms with E-state index in [9.17, 15) is 4.79 Å². The maximum Gasteiger partial charge on any atom is 0.335 e. The van der Waals surface area contributed by atoms with Crippen LogP contribution in [0.2, 0.25) is 0 Å². The molecule has 8 heteroatoms. The highest BCUT2D eigenvalue weighted by Gasteiger charge is 2.33. The second-order valence-electron chi connectivity index (χ2n) is 3.30. The molecule has 0 heterocycles. The van der Waals surface area contributed by atoms with Crippen LogP contribution in [0.5, 0.6) is 0 Å². The smallest absolute Gasteiger partial charge is 0.335 e. The molecule has 6 N–H and O–H groups in total. The van der Waals surface area contributed by atoms with Crippen LogP contribution >= 0.6 is 0 Å². The molecule has 0 saturated carbocycles. The number of hydrogen-bond donors (Lipinski definition) is 6. The van der Waals surface area contributed by atoms with Crippen LogP contribution in [0.3, 0.4) is 0 Å². The molecule has 0 spiro atoms. The van der Waals surface area contributed by atoms with Crippen molar-refractivity contribution in [1.82, 2.24) is 0 Å². The fourth-order valence-corrected chi connectivity index (χ4v) is 0.873. The van der Waals surface area contributed by atoms with Gasteiger partial charge in [0.15, 0.2) is 6.10 Å². The van der Waals surface area contributed by atoms with E-state index in [1.165, 1.54) is 0 Å². The van der Waals surface area contributed by atoms with Crippen molar-refractivity contribution < 1.29 is 40.2 Å². The maximum atomic E-state index is 10.1. The monoisotopic (exact) mass is 270 g/mol. The van der Waals surface area contributed by atoms with Gasteiger partial charge in [-0.05, 0) is 13.8 Å². The van der Waals surface area contributed by atoms with Gasteiger partial charge in [0.25, 0.3) is 0 Å². The summed E-state index contributed by atoms with van der Waals surface area (Å²) < 4.78 is 4.83. The van der Waals surface area contributed by atoms with E-state index in [1.54, 1.807) is 0 Å². The van der Waals surface area contributed by atoms with Crippen LogP contribution in [0.4, 0.5) is 0 Å². The Labute approximate surface area is 105 Å². The Balaban J connectivity index is 0. The van der Waals surface area contributed by atoms with Gasteiger partial charge in [0.05, 0.1) is 6.61 Å². The average Bonchev–Trinajstić information content (AvgIpc) is 2.36. The van der Waals surface area contributed by atoms with Gasteiger partial charge in [0.1, 0.15) is 18.3 Å². The molecule has 0 radical (unpaired) electrons. The lowest BCUT2D eigenvalue weighted by atomic mass is 10.0. The van der Waals surface area contributed by atoms with Gasteiger partial charge in [-0.3, -0.25) is 0 Å². The Bertz CT molecular complexity index is 208. The molecule has 0 amide bonds. The van der Waals surface area contributed by atoms with E-state index in [1.807, 2.05) is 13.8 Å². The van der Waals surface area contributed by atoms with Gasteiger partial charge >= 0.3 is 5.97 Å². The summed E-state index contributed by atoms with van der Waals surface area (Å²) in [5.41, 5.74) is 0. The summed E-state index contributed by atoms with van der Waals surface area (Å²) in [5.74, 6) is -1.73. The van der Waals surface area contributed by atoms with Crippen LogP contribution in [-0.4, -0.2) is 80.8 Å². The Morgan fingerprint density at radius 1 is 1.06 bits per heavy atom. The number of aliphatic hydroxyl groups excluding tert-OH is 5. The first kappa shape index (κ1) is 19.6. The number of rotatable bonds is 7. The topological polar surface area (TPSA) is 148 Å². The molecule has 4 atom stereocenters. The summed E-state index contributed by atoms with van der Waals surface area (Å²) in [4.78, 5) is 10.1. The summed E-state index contributed by atoms with van der Waals surface area (Å²) in [7, 11) is 0.